The van der Waals surface area contributed by atoms with Gasteiger partial charge < -0.3 is 23.6 Å². The number of ether oxygens (including phenoxy) is 2. The second-order valence-corrected chi connectivity index (χ2v) is 9.20. The van der Waals surface area contributed by atoms with E-state index in [9.17, 15) is 4.79 Å². The summed E-state index contributed by atoms with van der Waals surface area (Å²) in [5.74, 6) is 2.07. The summed E-state index contributed by atoms with van der Waals surface area (Å²) in [5.41, 5.74) is 6.64. The third kappa shape index (κ3) is 4.70. The van der Waals surface area contributed by atoms with Gasteiger partial charge in [-0.1, -0.05) is 18.2 Å². The predicted octanol–water partition coefficient (Wildman–Crippen LogP) is 5.88. The first-order valence-electron chi connectivity index (χ1n) is 12.2. The minimum absolute atomic E-state index is 0.399. The first kappa shape index (κ1) is 24.6. The monoisotopic (exact) mass is 498 g/mol. The molecule has 0 aliphatic carbocycles. The SMILES string of the molecule is COc1ccc(CCNCc2cnc(C)c3oc(-c4cc(=O)oc5c(C)c(C)ccc45)cc23)cc1OC. The van der Waals surface area contributed by atoms with E-state index < -0.39 is 5.63 Å². The molecule has 0 saturated heterocycles. The Balaban J connectivity index is 1.41. The summed E-state index contributed by atoms with van der Waals surface area (Å²) >= 11 is 0. The van der Waals surface area contributed by atoms with Crippen LogP contribution in [-0.4, -0.2) is 25.7 Å². The molecule has 7 heteroatoms. The molecule has 3 heterocycles. The highest BCUT2D eigenvalue weighted by Crippen LogP contribution is 2.35. The summed E-state index contributed by atoms with van der Waals surface area (Å²) in [7, 11) is 3.27. The lowest BCUT2D eigenvalue weighted by molar-refractivity contribution is 0.354. The number of rotatable bonds is 8. The summed E-state index contributed by atoms with van der Waals surface area (Å²) in [5, 5.41) is 5.34. The Hall–Kier alpha value is -4.10. The van der Waals surface area contributed by atoms with Crippen molar-refractivity contribution >= 4 is 21.9 Å². The molecule has 0 bridgehead atoms. The van der Waals surface area contributed by atoms with Crippen LogP contribution in [0.25, 0.3) is 33.3 Å². The van der Waals surface area contributed by atoms with Gasteiger partial charge in [-0.05, 0) is 74.2 Å². The Morgan fingerprint density at radius 2 is 1.70 bits per heavy atom. The third-order valence-corrected chi connectivity index (χ3v) is 6.87. The molecule has 37 heavy (non-hydrogen) atoms. The topological polar surface area (TPSA) is 86.7 Å². The number of aryl methyl sites for hydroxylation is 3. The molecule has 0 unspecified atom stereocenters. The maximum Gasteiger partial charge on any atom is 0.336 e. The van der Waals surface area contributed by atoms with Gasteiger partial charge >= 0.3 is 5.63 Å². The van der Waals surface area contributed by atoms with Gasteiger partial charge in [-0.25, -0.2) is 4.79 Å². The van der Waals surface area contributed by atoms with Crippen molar-refractivity contribution in [3.05, 3.63) is 87.0 Å². The zero-order valence-electron chi connectivity index (χ0n) is 21.7. The van der Waals surface area contributed by atoms with Gasteiger partial charge in [0.15, 0.2) is 17.1 Å². The fourth-order valence-corrected chi connectivity index (χ4v) is 4.63. The van der Waals surface area contributed by atoms with Crippen molar-refractivity contribution in [3.63, 3.8) is 0 Å². The quantitative estimate of drug-likeness (QED) is 0.211. The Labute approximate surface area is 215 Å². The molecule has 0 amide bonds. The van der Waals surface area contributed by atoms with E-state index in [1.54, 1.807) is 14.2 Å². The molecular weight excluding hydrogens is 468 g/mol. The van der Waals surface area contributed by atoms with E-state index in [0.717, 1.165) is 74.3 Å². The molecule has 1 N–H and O–H groups in total. The maximum absolute atomic E-state index is 12.4. The molecule has 7 nitrogen and oxygen atoms in total. The number of benzene rings is 2. The van der Waals surface area contributed by atoms with Crippen LogP contribution in [0.4, 0.5) is 0 Å². The lowest BCUT2D eigenvalue weighted by Gasteiger charge is -2.10. The average molecular weight is 499 g/mol. The van der Waals surface area contributed by atoms with Gasteiger partial charge in [-0.2, -0.15) is 0 Å². The highest BCUT2D eigenvalue weighted by molar-refractivity contribution is 5.97. The van der Waals surface area contributed by atoms with Gasteiger partial charge in [0.25, 0.3) is 0 Å². The number of furan rings is 1. The molecule has 0 saturated carbocycles. The lowest BCUT2D eigenvalue weighted by Crippen LogP contribution is -2.17. The number of nitrogens with zero attached hydrogens (tertiary/aromatic N) is 1. The Morgan fingerprint density at radius 3 is 2.49 bits per heavy atom. The van der Waals surface area contributed by atoms with Crippen LogP contribution in [0.15, 0.2) is 62.3 Å². The predicted molar refractivity (Wildman–Crippen MR) is 145 cm³/mol. The van der Waals surface area contributed by atoms with Gasteiger partial charge in [0.1, 0.15) is 11.3 Å². The van der Waals surface area contributed by atoms with Crippen LogP contribution in [0.1, 0.15) is 27.9 Å². The fraction of sp³-hybridized carbons (Fsp3) is 0.267. The minimum Gasteiger partial charge on any atom is -0.493 e. The second-order valence-electron chi connectivity index (χ2n) is 9.20. The van der Waals surface area contributed by atoms with Crippen molar-refractivity contribution < 1.29 is 18.3 Å². The number of aromatic nitrogens is 1. The van der Waals surface area contributed by atoms with Gasteiger partial charge in [-0.15, -0.1) is 0 Å². The van der Waals surface area contributed by atoms with Crippen LogP contribution in [0, 0.1) is 20.8 Å². The minimum atomic E-state index is -0.399. The summed E-state index contributed by atoms with van der Waals surface area (Å²) in [6.07, 6.45) is 2.72. The smallest absolute Gasteiger partial charge is 0.336 e. The summed E-state index contributed by atoms with van der Waals surface area (Å²) < 4.78 is 22.6. The average Bonchev–Trinajstić information content (AvgIpc) is 3.36. The van der Waals surface area contributed by atoms with E-state index >= 15 is 0 Å². The zero-order valence-corrected chi connectivity index (χ0v) is 21.7. The van der Waals surface area contributed by atoms with E-state index in [2.05, 4.69) is 10.3 Å². The highest BCUT2D eigenvalue weighted by Gasteiger charge is 2.17. The molecule has 0 spiro atoms. The molecule has 3 aromatic heterocycles. The van der Waals surface area contributed by atoms with Crippen molar-refractivity contribution in [2.75, 3.05) is 20.8 Å². The first-order valence-corrected chi connectivity index (χ1v) is 12.2. The van der Waals surface area contributed by atoms with E-state index in [4.69, 9.17) is 18.3 Å². The largest absolute Gasteiger partial charge is 0.493 e. The molecule has 5 rings (SSSR count). The van der Waals surface area contributed by atoms with Crippen LogP contribution >= 0.6 is 0 Å². The van der Waals surface area contributed by atoms with Crippen molar-refractivity contribution in [1.29, 1.82) is 0 Å². The molecule has 0 fully saturated rings. The molecule has 0 aliphatic heterocycles. The zero-order chi connectivity index (χ0) is 26.1. The molecule has 190 valence electrons. The molecule has 0 aliphatic rings. The van der Waals surface area contributed by atoms with Gasteiger partial charge in [0.2, 0.25) is 0 Å². The third-order valence-electron chi connectivity index (χ3n) is 6.87. The van der Waals surface area contributed by atoms with Crippen LogP contribution in [0.3, 0.4) is 0 Å². The van der Waals surface area contributed by atoms with Crippen molar-refractivity contribution in [3.8, 4) is 22.8 Å². The number of hydrogen-bond acceptors (Lipinski definition) is 7. The first-order chi connectivity index (χ1) is 17.9. The van der Waals surface area contributed by atoms with Crippen LogP contribution in [0.5, 0.6) is 11.5 Å². The molecular formula is C30H30N2O5. The molecule has 0 atom stereocenters. The summed E-state index contributed by atoms with van der Waals surface area (Å²) in [6.45, 7) is 7.30. The fourth-order valence-electron chi connectivity index (χ4n) is 4.63. The highest BCUT2D eigenvalue weighted by atomic mass is 16.5. The van der Waals surface area contributed by atoms with Crippen LogP contribution in [-0.2, 0) is 13.0 Å². The molecule has 2 aromatic carbocycles. The van der Waals surface area contributed by atoms with E-state index in [1.807, 2.05) is 63.4 Å². The summed E-state index contributed by atoms with van der Waals surface area (Å²) in [6, 6.07) is 13.5. The van der Waals surface area contributed by atoms with Crippen molar-refractivity contribution in [2.24, 2.45) is 0 Å². The van der Waals surface area contributed by atoms with Crippen molar-refractivity contribution in [1.82, 2.24) is 10.3 Å². The van der Waals surface area contributed by atoms with E-state index in [1.165, 1.54) is 6.07 Å². The lowest BCUT2D eigenvalue weighted by atomic mass is 10.0. The Morgan fingerprint density at radius 1 is 0.892 bits per heavy atom. The number of methoxy groups -OCH3 is 2. The van der Waals surface area contributed by atoms with Crippen LogP contribution < -0.4 is 20.4 Å². The van der Waals surface area contributed by atoms with Crippen LogP contribution in [0.2, 0.25) is 0 Å². The molecule has 0 radical (unpaired) electrons. The number of hydrogen-bond donors (Lipinski definition) is 1. The number of fused-ring (bicyclic) bond motifs is 2. The Kier molecular flexibility index (Phi) is 6.72. The van der Waals surface area contributed by atoms with Gasteiger partial charge in [0.05, 0.1) is 19.9 Å². The van der Waals surface area contributed by atoms with E-state index in [0.29, 0.717) is 17.9 Å². The molecule has 5 aromatic rings. The van der Waals surface area contributed by atoms with Gasteiger partial charge in [0, 0.05) is 35.1 Å². The van der Waals surface area contributed by atoms with Gasteiger partial charge in [-0.3, -0.25) is 4.98 Å². The Bertz CT molecular complexity index is 1670. The number of pyridine rings is 1. The standard InChI is InChI=1S/C30H30N2O5/c1-17-6-8-22-24(14-28(33)37-29(22)18(17)2)26-13-23-21(16-32-19(3)30(23)36-26)15-31-11-10-20-7-9-25(34-4)27(12-20)35-5/h6-9,12-14,16,31H,10-11,15H2,1-5H3. The number of nitrogens with one attached hydrogen (secondary N) is 1. The summed E-state index contributed by atoms with van der Waals surface area (Å²) in [4.78, 5) is 17.0. The maximum atomic E-state index is 12.4. The van der Waals surface area contributed by atoms with Crippen molar-refractivity contribution in [2.45, 2.75) is 33.7 Å². The van der Waals surface area contributed by atoms with E-state index in [-0.39, 0.29) is 0 Å². The second kappa shape index (κ2) is 10.1. The normalized spacial score (nSPS) is 11.4.